The second-order valence-corrected chi connectivity index (χ2v) is 3.73. The predicted molar refractivity (Wildman–Crippen MR) is 50.0 cm³/mol. The van der Waals surface area contributed by atoms with Crippen LogP contribution in [0.15, 0.2) is 4.52 Å². The van der Waals surface area contributed by atoms with Gasteiger partial charge in [0.1, 0.15) is 0 Å². The Morgan fingerprint density at radius 3 is 2.62 bits per heavy atom. The van der Waals surface area contributed by atoms with Crippen LogP contribution in [0, 0.1) is 12.8 Å². The number of nitrogens with two attached hydrogens (primary N) is 1. The Hall–Kier alpha value is -0.900. The fourth-order valence-corrected chi connectivity index (χ4v) is 1.16. The zero-order valence-electron chi connectivity index (χ0n) is 8.66. The van der Waals surface area contributed by atoms with E-state index in [1.807, 2.05) is 6.92 Å². The van der Waals surface area contributed by atoms with Gasteiger partial charge < -0.3 is 10.3 Å². The zero-order valence-corrected chi connectivity index (χ0v) is 8.66. The lowest BCUT2D eigenvalue weighted by Crippen LogP contribution is -2.40. The molecule has 0 aliphatic heterocycles. The molecule has 1 aromatic rings. The molecular formula is C9H17N3O. The number of rotatable bonds is 3. The molecule has 0 spiro atoms. The highest BCUT2D eigenvalue weighted by molar-refractivity contribution is 5.03. The van der Waals surface area contributed by atoms with Crippen LogP contribution >= 0.6 is 0 Å². The van der Waals surface area contributed by atoms with Crippen molar-refractivity contribution in [3.63, 3.8) is 0 Å². The third kappa shape index (κ3) is 1.88. The van der Waals surface area contributed by atoms with Gasteiger partial charge in [0.2, 0.25) is 5.89 Å². The van der Waals surface area contributed by atoms with Crippen LogP contribution in [0.4, 0.5) is 0 Å². The molecule has 2 atom stereocenters. The van der Waals surface area contributed by atoms with Crippen molar-refractivity contribution in [3.8, 4) is 0 Å². The van der Waals surface area contributed by atoms with Gasteiger partial charge in [0.25, 0.3) is 0 Å². The quantitative estimate of drug-likeness (QED) is 0.773. The lowest BCUT2D eigenvalue weighted by atomic mass is 9.85. The van der Waals surface area contributed by atoms with E-state index in [0.717, 1.165) is 6.42 Å². The molecule has 0 bridgehead atoms. The van der Waals surface area contributed by atoms with E-state index in [9.17, 15) is 0 Å². The molecule has 0 aliphatic carbocycles. The molecule has 1 rings (SSSR count). The Kier molecular flexibility index (Phi) is 2.71. The number of nitrogens with zero attached hydrogens (tertiary/aromatic N) is 2. The molecule has 0 saturated carbocycles. The standard InChI is InChI=1S/C9H17N3O/c1-5-6(2)9(4,10)8-11-7(3)13-12-8/h6H,5,10H2,1-4H3. The van der Waals surface area contributed by atoms with Gasteiger partial charge in [-0.25, -0.2) is 0 Å². The number of hydrogen-bond acceptors (Lipinski definition) is 4. The molecule has 0 aliphatic rings. The molecule has 13 heavy (non-hydrogen) atoms. The summed E-state index contributed by atoms with van der Waals surface area (Å²) in [6, 6.07) is 0. The Morgan fingerprint density at radius 2 is 2.23 bits per heavy atom. The van der Waals surface area contributed by atoms with E-state index in [1.165, 1.54) is 0 Å². The van der Waals surface area contributed by atoms with Crippen LogP contribution in [0.5, 0.6) is 0 Å². The molecule has 0 radical (unpaired) electrons. The Labute approximate surface area is 78.5 Å². The lowest BCUT2D eigenvalue weighted by Gasteiger charge is -2.27. The average molecular weight is 183 g/mol. The van der Waals surface area contributed by atoms with E-state index >= 15 is 0 Å². The first-order valence-electron chi connectivity index (χ1n) is 4.58. The maximum absolute atomic E-state index is 6.12. The van der Waals surface area contributed by atoms with Crippen LogP contribution in [0.3, 0.4) is 0 Å². The maximum Gasteiger partial charge on any atom is 0.223 e. The summed E-state index contributed by atoms with van der Waals surface area (Å²) in [5, 5.41) is 3.85. The summed E-state index contributed by atoms with van der Waals surface area (Å²) in [6.07, 6.45) is 1.00. The fraction of sp³-hybridized carbons (Fsp3) is 0.778. The summed E-state index contributed by atoms with van der Waals surface area (Å²) in [4.78, 5) is 4.15. The third-order valence-electron chi connectivity index (χ3n) is 2.65. The van der Waals surface area contributed by atoms with E-state index < -0.39 is 5.54 Å². The highest BCUT2D eigenvalue weighted by atomic mass is 16.5. The van der Waals surface area contributed by atoms with Gasteiger partial charge in [-0.15, -0.1) is 0 Å². The number of hydrogen-bond donors (Lipinski definition) is 1. The highest BCUT2D eigenvalue weighted by Gasteiger charge is 2.32. The van der Waals surface area contributed by atoms with Gasteiger partial charge in [0, 0.05) is 6.92 Å². The molecule has 0 fully saturated rings. The largest absolute Gasteiger partial charge is 0.340 e. The molecule has 1 heterocycles. The minimum atomic E-state index is -0.494. The monoisotopic (exact) mass is 183 g/mol. The molecule has 4 nitrogen and oxygen atoms in total. The van der Waals surface area contributed by atoms with Crippen LogP contribution in [0.1, 0.15) is 38.9 Å². The smallest absolute Gasteiger partial charge is 0.223 e. The van der Waals surface area contributed by atoms with Crippen molar-refractivity contribution in [1.82, 2.24) is 10.1 Å². The minimum absolute atomic E-state index is 0.337. The predicted octanol–water partition coefficient (Wildman–Crippen LogP) is 1.60. The van der Waals surface area contributed by atoms with Crippen molar-refractivity contribution in [2.24, 2.45) is 11.7 Å². The van der Waals surface area contributed by atoms with Crippen LogP contribution < -0.4 is 5.73 Å². The first-order chi connectivity index (χ1) is 5.98. The molecule has 0 amide bonds. The van der Waals surface area contributed by atoms with Crippen molar-refractivity contribution in [2.75, 3.05) is 0 Å². The Bertz CT molecular complexity index is 280. The normalized spacial score (nSPS) is 18.2. The van der Waals surface area contributed by atoms with E-state index in [0.29, 0.717) is 17.6 Å². The summed E-state index contributed by atoms with van der Waals surface area (Å²) >= 11 is 0. The zero-order chi connectivity index (χ0) is 10.1. The first-order valence-corrected chi connectivity index (χ1v) is 4.58. The van der Waals surface area contributed by atoms with Gasteiger partial charge in [0.05, 0.1) is 5.54 Å². The fourth-order valence-electron chi connectivity index (χ4n) is 1.16. The molecule has 1 aromatic heterocycles. The summed E-state index contributed by atoms with van der Waals surface area (Å²) < 4.78 is 4.90. The van der Waals surface area contributed by atoms with Crippen LogP contribution in [-0.4, -0.2) is 10.1 Å². The molecule has 0 aromatic carbocycles. The number of aryl methyl sites for hydroxylation is 1. The van der Waals surface area contributed by atoms with Crippen molar-refractivity contribution in [1.29, 1.82) is 0 Å². The average Bonchev–Trinajstić information content (AvgIpc) is 2.50. The molecule has 2 unspecified atom stereocenters. The molecule has 74 valence electrons. The van der Waals surface area contributed by atoms with Crippen LogP contribution in [0.25, 0.3) is 0 Å². The summed E-state index contributed by atoms with van der Waals surface area (Å²) in [5.74, 6) is 1.50. The topological polar surface area (TPSA) is 64.9 Å². The molecule has 0 saturated heterocycles. The van der Waals surface area contributed by atoms with Crippen LogP contribution in [-0.2, 0) is 5.54 Å². The lowest BCUT2D eigenvalue weighted by molar-refractivity contribution is 0.283. The number of aromatic nitrogens is 2. The van der Waals surface area contributed by atoms with Gasteiger partial charge in [-0.3, -0.25) is 0 Å². The maximum atomic E-state index is 6.12. The third-order valence-corrected chi connectivity index (χ3v) is 2.65. The summed E-state index contributed by atoms with van der Waals surface area (Å²) in [7, 11) is 0. The molecule has 2 N–H and O–H groups in total. The van der Waals surface area contributed by atoms with Crippen molar-refractivity contribution in [3.05, 3.63) is 11.7 Å². The van der Waals surface area contributed by atoms with E-state index in [4.69, 9.17) is 10.3 Å². The van der Waals surface area contributed by atoms with Gasteiger partial charge in [-0.05, 0) is 12.8 Å². The van der Waals surface area contributed by atoms with Crippen molar-refractivity contribution >= 4 is 0 Å². The van der Waals surface area contributed by atoms with Crippen LogP contribution in [0.2, 0.25) is 0 Å². The molecular weight excluding hydrogens is 166 g/mol. The Morgan fingerprint density at radius 1 is 1.62 bits per heavy atom. The molecule has 4 heteroatoms. The SMILES string of the molecule is CCC(C)C(C)(N)c1noc(C)n1. The minimum Gasteiger partial charge on any atom is -0.340 e. The summed E-state index contributed by atoms with van der Waals surface area (Å²) in [5.41, 5.74) is 5.63. The summed E-state index contributed by atoms with van der Waals surface area (Å²) in [6.45, 7) is 7.89. The second kappa shape index (κ2) is 3.46. The van der Waals surface area contributed by atoms with E-state index in [-0.39, 0.29) is 0 Å². The van der Waals surface area contributed by atoms with E-state index in [2.05, 4.69) is 24.0 Å². The van der Waals surface area contributed by atoms with Gasteiger partial charge in [0.15, 0.2) is 5.82 Å². The highest BCUT2D eigenvalue weighted by Crippen LogP contribution is 2.26. The van der Waals surface area contributed by atoms with Gasteiger partial charge in [-0.1, -0.05) is 25.4 Å². The van der Waals surface area contributed by atoms with Gasteiger partial charge in [-0.2, -0.15) is 4.98 Å². The van der Waals surface area contributed by atoms with Gasteiger partial charge >= 0.3 is 0 Å². The Balaban J connectivity index is 2.92. The van der Waals surface area contributed by atoms with Crippen molar-refractivity contribution < 1.29 is 4.52 Å². The first kappa shape index (κ1) is 10.2. The second-order valence-electron chi connectivity index (χ2n) is 3.73. The van der Waals surface area contributed by atoms with Crippen molar-refractivity contribution in [2.45, 2.75) is 39.7 Å². The van der Waals surface area contributed by atoms with E-state index in [1.54, 1.807) is 6.92 Å².